The number of H-pyrrole nitrogens is 1. The van der Waals surface area contributed by atoms with Gasteiger partial charge in [0.05, 0.1) is 6.04 Å². The van der Waals surface area contributed by atoms with Crippen LogP contribution in [-0.2, 0) is 11.2 Å². The van der Waals surface area contributed by atoms with Crippen LogP contribution >= 0.6 is 0 Å². The van der Waals surface area contributed by atoms with Crippen molar-refractivity contribution in [3.63, 3.8) is 0 Å². The Morgan fingerprint density at radius 2 is 1.79 bits per heavy atom. The molecule has 3 N–H and O–H groups in total. The van der Waals surface area contributed by atoms with Crippen molar-refractivity contribution in [3.05, 3.63) is 70.4 Å². The summed E-state index contributed by atoms with van der Waals surface area (Å²) in [7, 11) is 0. The van der Waals surface area contributed by atoms with Gasteiger partial charge in [-0.15, -0.1) is 0 Å². The lowest BCUT2D eigenvalue weighted by Crippen LogP contribution is -2.45. The van der Waals surface area contributed by atoms with E-state index in [1.54, 1.807) is 0 Å². The maximum atomic E-state index is 11.7. The number of aryl methyl sites for hydroxylation is 2. The van der Waals surface area contributed by atoms with Gasteiger partial charge in [0.25, 0.3) is 0 Å². The van der Waals surface area contributed by atoms with E-state index in [2.05, 4.69) is 42.3 Å². The van der Waals surface area contributed by atoms with Crippen molar-refractivity contribution >= 4 is 16.9 Å². The van der Waals surface area contributed by atoms with Crippen LogP contribution in [0.2, 0.25) is 0 Å². The van der Waals surface area contributed by atoms with Crippen LogP contribution in [0.3, 0.4) is 0 Å². The summed E-state index contributed by atoms with van der Waals surface area (Å²) in [5.41, 5.74) is 6.77. The van der Waals surface area contributed by atoms with E-state index in [1.807, 2.05) is 24.3 Å². The van der Waals surface area contributed by atoms with Crippen LogP contribution in [0, 0.1) is 13.8 Å². The molecular weight excluding hydrogens is 300 g/mol. The highest BCUT2D eigenvalue weighted by Gasteiger charge is 2.34. The lowest BCUT2D eigenvalue weighted by Gasteiger charge is -2.31. The van der Waals surface area contributed by atoms with Gasteiger partial charge in [0.15, 0.2) is 0 Å². The topological polar surface area (TPSA) is 65.1 Å². The molecule has 1 aliphatic rings. The molecule has 24 heavy (non-hydrogen) atoms. The first-order valence-electron chi connectivity index (χ1n) is 8.20. The van der Waals surface area contributed by atoms with Crippen LogP contribution in [0.15, 0.2) is 42.5 Å². The molecule has 4 heteroatoms. The van der Waals surface area contributed by atoms with Gasteiger partial charge in [0.2, 0.25) is 0 Å². The number of carbonyl (C=O) groups is 1. The first-order chi connectivity index (χ1) is 11.6. The Hall–Kier alpha value is -2.59. The zero-order chi connectivity index (χ0) is 16.8. The lowest BCUT2D eigenvalue weighted by molar-refractivity contribution is -0.139. The van der Waals surface area contributed by atoms with Crippen LogP contribution in [-0.4, -0.2) is 22.1 Å². The number of nitrogens with one attached hydrogen (secondary N) is 2. The number of rotatable bonds is 2. The molecule has 0 bridgehead atoms. The third-order valence-corrected chi connectivity index (χ3v) is 5.04. The summed E-state index contributed by atoms with van der Waals surface area (Å²) < 4.78 is 0. The van der Waals surface area contributed by atoms with E-state index < -0.39 is 12.0 Å². The molecule has 4 rings (SSSR count). The summed E-state index contributed by atoms with van der Waals surface area (Å²) in [6.07, 6.45) is 0.496. The number of aromatic nitrogens is 1. The van der Waals surface area contributed by atoms with Gasteiger partial charge in [0, 0.05) is 23.0 Å². The second kappa shape index (κ2) is 5.49. The number of fused-ring (bicyclic) bond motifs is 3. The van der Waals surface area contributed by atoms with Crippen molar-refractivity contribution in [1.82, 2.24) is 10.3 Å². The number of carboxylic acids is 1. The smallest absolute Gasteiger partial charge is 0.321 e. The summed E-state index contributed by atoms with van der Waals surface area (Å²) in [6, 6.07) is 13.6. The first-order valence-corrected chi connectivity index (χ1v) is 8.20. The summed E-state index contributed by atoms with van der Waals surface area (Å²) in [6.45, 7) is 4.16. The van der Waals surface area contributed by atoms with Gasteiger partial charge in [-0.05, 0) is 42.2 Å². The van der Waals surface area contributed by atoms with E-state index in [0.29, 0.717) is 6.42 Å². The molecule has 2 unspecified atom stereocenters. The molecule has 2 heterocycles. The molecular formula is C20H20N2O2. The van der Waals surface area contributed by atoms with Gasteiger partial charge in [-0.2, -0.15) is 0 Å². The largest absolute Gasteiger partial charge is 0.480 e. The van der Waals surface area contributed by atoms with E-state index in [4.69, 9.17) is 0 Å². The number of benzene rings is 2. The van der Waals surface area contributed by atoms with Crippen LogP contribution in [0.5, 0.6) is 0 Å². The summed E-state index contributed by atoms with van der Waals surface area (Å²) >= 11 is 0. The third kappa shape index (κ3) is 2.22. The molecule has 122 valence electrons. The molecule has 3 aromatic rings. The molecule has 0 aliphatic carbocycles. The Morgan fingerprint density at radius 3 is 2.50 bits per heavy atom. The Labute approximate surface area is 140 Å². The van der Waals surface area contributed by atoms with Crippen molar-refractivity contribution in [3.8, 4) is 0 Å². The molecule has 0 saturated carbocycles. The summed E-state index contributed by atoms with van der Waals surface area (Å²) in [4.78, 5) is 15.2. The molecule has 2 atom stereocenters. The van der Waals surface area contributed by atoms with Crippen LogP contribution in [0.4, 0.5) is 0 Å². The van der Waals surface area contributed by atoms with Gasteiger partial charge in [0.1, 0.15) is 6.04 Å². The van der Waals surface area contributed by atoms with Crippen LogP contribution in [0.1, 0.15) is 34.0 Å². The van der Waals surface area contributed by atoms with Crippen molar-refractivity contribution < 1.29 is 9.90 Å². The Balaban J connectivity index is 1.96. The van der Waals surface area contributed by atoms with Gasteiger partial charge >= 0.3 is 5.97 Å². The van der Waals surface area contributed by atoms with Gasteiger partial charge in [-0.3, -0.25) is 10.1 Å². The van der Waals surface area contributed by atoms with E-state index in [-0.39, 0.29) is 6.04 Å². The third-order valence-electron chi connectivity index (χ3n) is 5.04. The number of aliphatic carboxylic acids is 1. The Morgan fingerprint density at radius 1 is 1.08 bits per heavy atom. The van der Waals surface area contributed by atoms with Crippen LogP contribution in [0.25, 0.3) is 10.9 Å². The predicted molar refractivity (Wildman–Crippen MR) is 94.3 cm³/mol. The molecule has 0 amide bonds. The highest BCUT2D eigenvalue weighted by Crippen LogP contribution is 2.37. The molecule has 4 nitrogen and oxygen atoms in total. The van der Waals surface area contributed by atoms with Gasteiger partial charge in [-0.1, -0.05) is 36.4 Å². The minimum atomic E-state index is -0.804. The fourth-order valence-corrected chi connectivity index (χ4v) is 3.90. The summed E-state index contributed by atoms with van der Waals surface area (Å²) in [5.74, 6) is -0.804. The molecule has 0 spiro atoms. The fraction of sp³-hybridized carbons (Fsp3) is 0.250. The zero-order valence-corrected chi connectivity index (χ0v) is 13.8. The van der Waals surface area contributed by atoms with Crippen molar-refractivity contribution in [1.29, 1.82) is 0 Å². The van der Waals surface area contributed by atoms with E-state index >= 15 is 0 Å². The van der Waals surface area contributed by atoms with Gasteiger partial charge < -0.3 is 10.1 Å². The summed E-state index contributed by atoms with van der Waals surface area (Å²) in [5, 5.41) is 14.1. The number of para-hydroxylation sites is 1. The SMILES string of the molecule is Cc1cccc(C)c1C1NC(C(=O)O)Cc2c1[nH]c1ccccc21. The minimum absolute atomic E-state index is 0.136. The first kappa shape index (κ1) is 15.0. The molecule has 0 radical (unpaired) electrons. The monoisotopic (exact) mass is 320 g/mol. The van der Waals surface area contributed by atoms with Crippen LogP contribution < -0.4 is 5.32 Å². The molecule has 2 aromatic carbocycles. The molecule has 0 fully saturated rings. The number of carboxylic acid groups (broad SMARTS) is 1. The van der Waals surface area contributed by atoms with E-state index in [9.17, 15) is 9.90 Å². The zero-order valence-electron chi connectivity index (χ0n) is 13.8. The fourth-order valence-electron chi connectivity index (χ4n) is 3.90. The molecule has 1 aliphatic heterocycles. The second-order valence-corrected chi connectivity index (χ2v) is 6.56. The number of hydrogen-bond acceptors (Lipinski definition) is 2. The maximum absolute atomic E-state index is 11.7. The maximum Gasteiger partial charge on any atom is 0.321 e. The predicted octanol–water partition coefficient (Wildman–Crippen LogP) is 3.47. The average Bonchev–Trinajstić information content (AvgIpc) is 2.93. The molecule has 1 aromatic heterocycles. The average molecular weight is 320 g/mol. The Bertz CT molecular complexity index is 922. The quantitative estimate of drug-likeness (QED) is 0.677. The normalized spacial score (nSPS) is 20.1. The van der Waals surface area contributed by atoms with Gasteiger partial charge in [-0.25, -0.2) is 0 Å². The minimum Gasteiger partial charge on any atom is -0.480 e. The highest BCUT2D eigenvalue weighted by atomic mass is 16.4. The Kier molecular flexibility index (Phi) is 3.43. The second-order valence-electron chi connectivity index (χ2n) is 6.56. The van der Waals surface area contributed by atoms with E-state index in [0.717, 1.165) is 27.7 Å². The lowest BCUT2D eigenvalue weighted by atomic mass is 9.86. The van der Waals surface area contributed by atoms with Crippen molar-refractivity contribution in [2.24, 2.45) is 0 Å². The van der Waals surface area contributed by atoms with E-state index in [1.165, 1.54) is 11.1 Å². The number of aromatic amines is 1. The molecule has 0 saturated heterocycles. The highest BCUT2D eigenvalue weighted by molar-refractivity contribution is 5.87. The number of hydrogen-bond donors (Lipinski definition) is 3. The van der Waals surface area contributed by atoms with Crippen molar-refractivity contribution in [2.45, 2.75) is 32.4 Å². The standard InChI is InChI=1S/C20H20N2O2/c1-11-6-5-7-12(2)17(11)19-18-14(10-16(22-19)20(23)24)13-8-3-4-9-15(13)21-18/h3-9,16,19,21-22H,10H2,1-2H3,(H,23,24). The van der Waals surface area contributed by atoms with Crippen molar-refractivity contribution in [2.75, 3.05) is 0 Å².